The smallest absolute Gasteiger partial charge is 0.416 e. The molecule has 4 rings (SSSR count). The summed E-state index contributed by atoms with van der Waals surface area (Å²) in [4.78, 5) is 27.1. The van der Waals surface area contributed by atoms with Gasteiger partial charge in [-0.3, -0.25) is 14.5 Å². The highest BCUT2D eigenvalue weighted by Crippen LogP contribution is 2.42. The zero-order valence-electron chi connectivity index (χ0n) is 17.2. The van der Waals surface area contributed by atoms with Crippen LogP contribution in [0, 0.1) is 0 Å². The molecular weight excluding hydrogens is 431 g/mol. The average Bonchev–Trinajstić information content (AvgIpc) is 3.09. The van der Waals surface area contributed by atoms with Crippen LogP contribution in [-0.4, -0.2) is 16.8 Å². The van der Waals surface area contributed by atoms with Crippen molar-refractivity contribution in [2.24, 2.45) is 0 Å². The minimum Gasteiger partial charge on any atom is -0.503 e. The maximum absolute atomic E-state index is 13.3. The fourth-order valence-corrected chi connectivity index (χ4v) is 3.73. The molecule has 1 unspecified atom stereocenters. The van der Waals surface area contributed by atoms with Crippen molar-refractivity contribution in [2.45, 2.75) is 12.2 Å². The minimum atomic E-state index is -4.62. The molecule has 166 valence electrons. The normalized spacial score (nSPS) is 16.6. The Balaban J connectivity index is 1.79. The second-order valence-electron chi connectivity index (χ2n) is 7.41. The molecule has 3 aromatic rings. The molecule has 0 spiro atoms. The molecule has 1 atom stereocenters. The third-order valence-corrected chi connectivity index (χ3v) is 5.27. The standard InChI is InChI=1S/C26H18F3NO3/c27-26(28,29)19-12-7-13-20(16-19)30-23(18-10-5-2-6-11-18)22(24(32)25(30)33)21(31)15-14-17-8-3-1-4-9-17/h1-16,23,32H. The summed E-state index contributed by atoms with van der Waals surface area (Å²) in [5.74, 6) is -2.35. The number of nitrogens with zero attached hydrogens (tertiary/aromatic N) is 1. The lowest BCUT2D eigenvalue weighted by atomic mass is 9.95. The molecule has 0 saturated carbocycles. The van der Waals surface area contributed by atoms with Gasteiger partial charge in [0.05, 0.1) is 17.2 Å². The van der Waals surface area contributed by atoms with Crippen LogP contribution in [-0.2, 0) is 15.8 Å². The van der Waals surface area contributed by atoms with Gasteiger partial charge in [0.15, 0.2) is 11.5 Å². The summed E-state index contributed by atoms with van der Waals surface area (Å²) < 4.78 is 39.9. The number of halogens is 3. The van der Waals surface area contributed by atoms with Crippen LogP contribution >= 0.6 is 0 Å². The fourth-order valence-electron chi connectivity index (χ4n) is 3.73. The van der Waals surface area contributed by atoms with Crippen LogP contribution in [0.25, 0.3) is 6.08 Å². The molecular formula is C26H18F3NO3. The van der Waals surface area contributed by atoms with Crippen LogP contribution < -0.4 is 4.90 Å². The van der Waals surface area contributed by atoms with E-state index in [1.807, 2.05) is 6.07 Å². The number of hydrogen-bond donors (Lipinski definition) is 1. The molecule has 33 heavy (non-hydrogen) atoms. The Morgan fingerprint density at radius 2 is 1.55 bits per heavy atom. The highest BCUT2D eigenvalue weighted by molar-refractivity contribution is 6.19. The molecule has 0 radical (unpaired) electrons. The molecule has 3 aromatic carbocycles. The number of ketones is 1. The van der Waals surface area contributed by atoms with Crippen LogP contribution in [0.4, 0.5) is 18.9 Å². The van der Waals surface area contributed by atoms with Crippen molar-refractivity contribution in [1.29, 1.82) is 0 Å². The molecule has 1 amide bonds. The number of rotatable bonds is 5. The molecule has 1 aliphatic heterocycles. The molecule has 0 fully saturated rings. The first kappa shape index (κ1) is 22.1. The van der Waals surface area contributed by atoms with E-state index < -0.39 is 35.2 Å². The molecule has 1 heterocycles. The van der Waals surface area contributed by atoms with E-state index in [1.54, 1.807) is 60.7 Å². The van der Waals surface area contributed by atoms with Gasteiger partial charge in [-0.2, -0.15) is 13.2 Å². The second-order valence-corrected chi connectivity index (χ2v) is 7.41. The fraction of sp³-hybridized carbons (Fsp3) is 0.0769. The van der Waals surface area contributed by atoms with E-state index >= 15 is 0 Å². The maximum Gasteiger partial charge on any atom is 0.416 e. The van der Waals surface area contributed by atoms with Crippen LogP contribution in [0.3, 0.4) is 0 Å². The Labute approximate surface area is 187 Å². The Hall–Kier alpha value is -4.13. The number of anilines is 1. The van der Waals surface area contributed by atoms with E-state index in [2.05, 4.69) is 0 Å². The van der Waals surface area contributed by atoms with Crippen LogP contribution in [0.1, 0.15) is 22.7 Å². The Morgan fingerprint density at radius 1 is 0.909 bits per heavy atom. The topological polar surface area (TPSA) is 57.6 Å². The minimum absolute atomic E-state index is 0.0786. The molecule has 0 aliphatic carbocycles. The lowest BCUT2D eigenvalue weighted by Gasteiger charge is -2.27. The lowest BCUT2D eigenvalue weighted by Crippen LogP contribution is -2.31. The summed E-state index contributed by atoms with van der Waals surface area (Å²) in [5, 5.41) is 10.6. The largest absolute Gasteiger partial charge is 0.503 e. The number of allylic oxidation sites excluding steroid dienone is 1. The van der Waals surface area contributed by atoms with Gasteiger partial charge in [-0.1, -0.05) is 72.8 Å². The molecule has 0 aromatic heterocycles. The summed E-state index contributed by atoms with van der Waals surface area (Å²) in [7, 11) is 0. The van der Waals surface area contributed by atoms with Crippen molar-refractivity contribution >= 4 is 23.5 Å². The number of carbonyl (C=O) groups is 2. The number of benzene rings is 3. The van der Waals surface area contributed by atoms with Crippen LogP contribution in [0.5, 0.6) is 0 Å². The van der Waals surface area contributed by atoms with Crippen LogP contribution in [0.2, 0.25) is 0 Å². The molecule has 0 saturated heterocycles. The summed E-state index contributed by atoms with van der Waals surface area (Å²) >= 11 is 0. The Morgan fingerprint density at radius 3 is 2.18 bits per heavy atom. The van der Waals surface area contributed by atoms with Gasteiger partial charge in [-0.25, -0.2) is 0 Å². The SMILES string of the molecule is O=C(C=Cc1ccccc1)C1=C(O)C(=O)N(c2cccc(C(F)(F)F)c2)C1c1ccccc1. The van der Waals surface area contributed by atoms with Crippen molar-refractivity contribution in [3.8, 4) is 0 Å². The number of amides is 1. The number of carbonyl (C=O) groups excluding carboxylic acids is 2. The van der Waals surface area contributed by atoms with E-state index in [0.717, 1.165) is 22.6 Å². The first-order chi connectivity index (χ1) is 15.8. The average molecular weight is 449 g/mol. The van der Waals surface area contributed by atoms with E-state index in [-0.39, 0.29) is 11.3 Å². The Kier molecular flexibility index (Phi) is 5.87. The molecule has 7 heteroatoms. The summed E-state index contributed by atoms with van der Waals surface area (Å²) in [6, 6.07) is 20.5. The van der Waals surface area contributed by atoms with Gasteiger partial charge in [0, 0.05) is 5.69 Å². The van der Waals surface area contributed by atoms with E-state index in [4.69, 9.17) is 0 Å². The molecule has 1 N–H and O–H groups in total. The predicted octanol–water partition coefficient (Wildman–Crippen LogP) is 5.89. The van der Waals surface area contributed by atoms with Gasteiger partial charge >= 0.3 is 6.18 Å². The van der Waals surface area contributed by atoms with Crippen molar-refractivity contribution in [3.05, 3.63) is 119 Å². The Bertz CT molecular complexity index is 1250. The van der Waals surface area contributed by atoms with E-state index in [9.17, 15) is 27.9 Å². The lowest BCUT2D eigenvalue weighted by molar-refractivity contribution is -0.137. The second kappa shape index (κ2) is 8.78. The van der Waals surface area contributed by atoms with Gasteiger partial charge in [0.25, 0.3) is 5.91 Å². The maximum atomic E-state index is 13.3. The monoisotopic (exact) mass is 449 g/mol. The molecule has 4 nitrogen and oxygen atoms in total. The van der Waals surface area contributed by atoms with E-state index in [1.165, 1.54) is 18.2 Å². The highest BCUT2D eigenvalue weighted by atomic mass is 19.4. The molecule has 0 bridgehead atoms. The first-order valence-corrected chi connectivity index (χ1v) is 10.0. The predicted molar refractivity (Wildman–Crippen MR) is 118 cm³/mol. The van der Waals surface area contributed by atoms with Gasteiger partial charge < -0.3 is 5.11 Å². The van der Waals surface area contributed by atoms with Gasteiger partial charge in [0.1, 0.15) is 0 Å². The highest BCUT2D eigenvalue weighted by Gasteiger charge is 2.44. The van der Waals surface area contributed by atoms with Crippen molar-refractivity contribution in [2.75, 3.05) is 4.90 Å². The number of aliphatic hydroxyl groups is 1. The summed E-state index contributed by atoms with van der Waals surface area (Å²) in [5.41, 5.74) is -0.00579. The number of aliphatic hydroxyl groups excluding tert-OH is 1. The van der Waals surface area contributed by atoms with E-state index in [0.29, 0.717) is 5.56 Å². The van der Waals surface area contributed by atoms with Gasteiger partial charge in [-0.05, 0) is 35.4 Å². The van der Waals surface area contributed by atoms with Gasteiger partial charge in [0.2, 0.25) is 0 Å². The zero-order valence-corrected chi connectivity index (χ0v) is 17.2. The first-order valence-electron chi connectivity index (χ1n) is 10.0. The summed E-state index contributed by atoms with van der Waals surface area (Å²) in [6.07, 6.45) is -1.84. The third kappa shape index (κ3) is 4.43. The number of hydrogen-bond acceptors (Lipinski definition) is 3. The quantitative estimate of drug-likeness (QED) is 0.495. The van der Waals surface area contributed by atoms with Crippen molar-refractivity contribution in [1.82, 2.24) is 0 Å². The zero-order chi connectivity index (χ0) is 23.6. The van der Waals surface area contributed by atoms with Gasteiger partial charge in [-0.15, -0.1) is 0 Å². The summed E-state index contributed by atoms with van der Waals surface area (Å²) in [6.45, 7) is 0. The van der Waals surface area contributed by atoms with Crippen LogP contribution in [0.15, 0.2) is 102 Å². The molecule has 1 aliphatic rings. The van der Waals surface area contributed by atoms with Crippen molar-refractivity contribution < 1.29 is 27.9 Å². The number of alkyl halides is 3. The van der Waals surface area contributed by atoms with Crippen molar-refractivity contribution in [3.63, 3.8) is 0 Å². The third-order valence-electron chi connectivity index (χ3n) is 5.27.